The molecule has 1 saturated heterocycles. The number of hydrogen-bond donors (Lipinski definition) is 2. The van der Waals surface area contributed by atoms with Gasteiger partial charge in [-0.05, 0) is 45.6 Å². The first-order valence-corrected chi connectivity index (χ1v) is 7.23. The third kappa shape index (κ3) is 2.87. The Morgan fingerprint density at radius 2 is 2.22 bits per heavy atom. The fraction of sp³-hybridized carbons (Fsp3) is 1.00. The monoisotopic (exact) mass is 256 g/mol. The van der Waals surface area contributed by atoms with E-state index in [1.54, 1.807) is 0 Å². The molecule has 1 saturated carbocycles. The van der Waals surface area contributed by atoms with Crippen molar-refractivity contribution in [2.24, 2.45) is 11.7 Å². The summed E-state index contributed by atoms with van der Waals surface area (Å²) in [6, 6.07) is 0. The third-order valence-electron chi connectivity index (χ3n) is 4.84. The van der Waals surface area contributed by atoms with Gasteiger partial charge in [-0.15, -0.1) is 0 Å². The molecule has 2 unspecified atom stereocenters. The van der Waals surface area contributed by atoms with Gasteiger partial charge < -0.3 is 15.6 Å². The van der Waals surface area contributed by atoms with Crippen LogP contribution in [0.25, 0.3) is 0 Å². The Morgan fingerprint density at radius 1 is 1.44 bits per heavy atom. The van der Waals surface area contributed by atoms with Gasteiger partial charge in [-0.1, -0.05) is 6.42 Å². The lowest BCUT2D eigenvalue weighted by molar-refractivity contribution is -0.0592. The van der Waals surface area contributed by atoms with Gasteiger partial charge in [-0.3, -0.25) is 4.90 Å². The fourth-order valence-corrected chi connectivity index (χ4v) is 3.43. The van der Waals surface area contributed by atoms with Crippen molar-refractivity contribution < 1.29 is 9.84 Å². The minimum atomic E-state index is -0.601. The van der Waals surface area contributed by atoms with E-state index in [4.69, 9.17) is 10.5 Å². The van der Waals surface area contributed by atoms with E-state index in [1.807, 2.05) is 0 Å². The van der Waals surface area contributed by atoms with Gasteiger partial charge in [0, 0.05) is 18.6 Å². The quantitative estimate of drug-likeness (QED) is 0.787. The Balaban J connectivity index is 1.87. The van der Waals surface area contributed by atoms with Crippen LogP contribution in [0.1, 0.15) is 39.5 Å². The number of rotatable bonds is 4. The Bertz CT molecular complexity index is 281. The van der Waals surface area contributed by atoms with Crippen molar-refractivity contribution in [3.8, 4) is 0 Å². The van der Waals surface area contributed by atoms with E-state index in [-0.39, 0.29) is 5.54 Å². The highest BCUT2D eigenvalue weighted by atomic mass is 16.5. The summed E-state index contributed by atoms with van der Waals surface area (Å²) in [7, 11) is 0. The zero-order valence-electron chi connectivity index (χ0n) is 11.8. The van der Waals surface area contributed by atoms with Crippen molar-refractivity contribution >= 4 is 0 Å². The molecule has 0 bridgehead atoms. The topological polar surface area (TPSA) is 58.7 Å². The average Bonchev–Trinajstić information content (AvgIpc) is 2.70. The summed E-state index contributed by atoms with van der Waals surface area (Å²) in [6.07, 6.45) is 4.17. The second kappa shape index (κ2) is 5.45. The Morgan fingerprint density at radius 3 is 2.89 bits per heavy atom. The molecule has 0 aromatic carbocycles. The van der Waals surface area contributed by atoms with Gasteiger partial charge >= 0.3 is 0 Å². The van der Waals surface area contributed by atoms with Crippen LogP contribution >= 0.6 is 0 Å². The third-order valence-corrected chi connectivity index (χ3v) is 4.84. The Labute approximate surface area is 110 Å². The summed E-state index contributed by atoms with van der Waals surface area (Å²) in [5.41, 5.74) is 5.26. The maximum Gasteiger partial charge on any atom is 0.0797 e. The van der Waals surface area contributed by atoms with E-state index in [1.165, 1.54) is 0 Å². The highest BCUT2D eigenvalue weighted by molar-refractivity contribution is 4.94. The van der Waals surface area contributed by atoms with Crippen LogP contribution in [0.4, 0.5) is 0 Å². The smallest absolute Gasteiger partial charge is 0.0797 e. The zero-order chi connectivity index (χ0) is 13.2. The summed E-state index contributed by atoms with van der Waals surface area (Å²) < 4.78 is 5.54. The number of hydrogen-bond acceptors (Lipinski definition) is 4. The molecule has 0 radical (unpaired) electrons. The van der Waals surface area contributed by atoms with Gasteiger partial charge in [0.1, 0.15) is 0 Å². The van der Waals surface area contributed by atoms with Crippen LogP contribution in [0.5, 0.6) is 0 Å². The molecule has 106 valence electrons. The minimum Gasteiger partial charge on any atom is -0.388 e. The molecule has 0 spiro atoms. The second-order valence-electron chi connectivity index (χ2n) is 6.54. The predicted molar refractivity (Wildman–Crippen MR) is 72.4 cm³/mol. The van der Waals surface area contributed by atoms with Crippen LogP contribution in [-0.4, -0.2) is 54.0 Å². The summed E-state index contributed by atoms with van der Waals surface area (Å²) in [6.45, 7) is 8.55. The first-order valence-electron chi connectivity index (χ1n) is 7.23. The van der Waals surface area contributed by atoms with Crippen LogP contribution in [0.2, 0.25) is 0 Å². The molecule has 1 heterocycles. The molecular weight excluding hydrogens is 228 g/mol. The summed E-state index contributed by atoms with van der Waals surface area (Å²) in [5, 5.41) is 10.5. The van der Waals surface area contributed by atoms with Crippen molar-refractivity contribution in [3.05, 3.63) is 0 Å². The van der Waals surface area contributed by atoms with Crippen molar-refractivity contribution in [2.45, 2.75) is 50.7 Å². The molecule has 4 nitrogen and oxygen atoms in total. The predicted octanol–water partition coefficient (Wildman–Crippen LogP) is 0.977. The molecule has 1 aliphatic carbocycles. The SMILES string of the molecule is CC1(C)COCCN1CCC1CCCC1(O)CN. The number of aliphatic hydroxyl groups is 1. The van der Waals surface area contributed by atoms with Crippen molar-refractivity contribution in [1.29, 1.82) is 0 Å². The number of nitrogens with two attached hydrogens (primary N) is 1. The maximum absolute atomic E-state index is 10.5. The van der Waals surface area contributed by atoms with Gasteiger partial charge in [-0.25, -0.2) is 0 Å². The van der Waals surface area contributed by atoms with E-state index in [9.17, 15) is 5.11 Å². The molecule has 4 heteroatoms. The summed E-state index contributed by atoms with van der Waals surface area (Å²) >= 11 is 0. The molecule has 1 aliphatic heterocycles. The molecule has 2 atom stereocenters. The lowest BCUT2D eigenvalue weighted by Crippen LogP contribution is -2.54. The molecule has 0 amide bonds. The van der Waals surface area contributed by atoms with Crippen molar-refractivity contribution in [1.82, 2.24) is 4.90 Å². The number of ether oxygens (including phenoxy) is 1. The first-order chi connectivity index (χ1) is 8.48. The first kappa shape index (κ1) is 14.3. The van der Waals surface area contributed by atoms with E-state index < -0.39 is 5.60 Å². The van der Waals surface area contributed by atoms with Crippen LogP contribution in [0.15, 0.2) is 0 Å². The Kier molecular flexibility index (Phi) is 4.32. The van der Waals surface area contributed by atoms with E-state index >= 15 is 0 Å². The van der Waals surface area contributed by atoms with E-state index in [0.717, 1.165) is 52.0 Å². The standard InChI is InChI=1S/C14H28N2O2/c1-13(2)11-18-9-8-16(13)7-5-12-4-3-6-14(12,17)10-15/h12,17H,3-11,15H2,1-2H3. The van der Waals surface area contributed by atoms with Crippen molar-refractivity contribution in [2.75, 3.05) is 32.8 Å². The van der Waals surface area contributed by atoms with Gasteiger partial charge in [0.25, 0.3) is 0 Å². The van der Waals surface area contributed by atoms with Gasteiger partial charge in [-0.2, -0.15) is 0 Å². The molecule has 2 aliphatic rings. The zero-order valence-corrected chi connectivity index (χ0v) is 11.8. The lowest BCUT2D eigenvalue weighted by Gasteiger charge is -2.43. The lowest BCUT2D eigenvalue weighted by atomic mass is 9.87. The van der Waals surface area contributed by atoms with E-state index in [2.05, 4.69) is 18.7 Å². The normalized spacial score (nSPS) is 37.0. The molecule has 0 aromatic rings. The number of nitrogens with zero attached hydrogens (tertiary/aromatic N) is 1. The molecule has 3 N–H and O–H groups in total. The fourth-order valence-electron chi connectivity index (χ4n) is 3.43. The van der Waals surface area contributed by atoms with Crippen LogP contribution in [0.3, 0.4) is 0 Å². The Hall–Kier alpha value is -0.160. The largest absolute Gasteiger partial charge is 0.388 e. The second-order valence-corrected chi connectivity index (χ2v) is 6.54. The minimum absolute atomic E-state index is 0.123. The summed E-state index contributed by atoms with van der Waals surface area (Å²) in [4.78, 5) is 2.49. The van der Waals surface area contributed by atoms with Gasteiger partial charge in [0.05, 0.1) is 18.8 Å². The van der Waals surface area contributed by atoms with Gasteiger partial charge in [0.2, 0.25) is 0 Å². The molecule has 0 aromatic heterocycles. The van der Waals surface area contributed by atoms with Gasteiger partial charge in [0.15, 0.2) is 0 Å². The summed E-state index contributed by atoms with van der Waals surface area (Å²) in [5.74, 6) is 0.376. The number of morpholine rings is 1. The van der Waals surface area contributed by atoms with Crippen molar-refractivity contribution in [3.63, 3.8) is 0 Å². The van der Waals surface area contributed by atoms with Crippen LogP contribution in [-0.2, 0) is 4.74 Å². The molecular formula is C14H28N2O2. The van der Waals surface area contributed by atoms with Crippen LogP contribution in [0, 0.1) is 5.92 Å². The molecule has 2 rings (SSSR count). The highest BCUT2D eigenvalue weighted by Gasteiger charge is 2.40. The maximum atomic E-state index is 10.5. The molecule has 2 fully saturated rings. The van der Waals surface area contributed by atoms with Crippen LogP contribution < -0.4 is 5.73 Å². The van der Waals surface area contributed by atoms with E-state index in [0.29, 0.717) is 12.5 Å². The molecule has 18 heavy (non-hydrogen) atoms. The average molecular weight is 256 g/mol. The highest BCUT2D eigenvalue weighted by Crippen LogP contribution is 2.37.